The van der Waals surface area contributed by atoms with Gasteiger partial charge in [0.25, 0.3) is 0 Å². The Morgan fingerprint density at radius 3 is 2.70 bits per heavy atom. The zero-order valence-electron chi connectivity index (χ0n) is 12.5. The van der Waals surface area contributed by atoms with Crippen LogP contribution in [0, 0.1) is 0 Å². The second-order valence-electron chi connectivity index (χ2n) is 5.95. The minimum absolute atomic E-state index is 0.0524. The van der Waals surface area contributed by atoms with Crippen LogP contribution < -0.4 is 0 Å². The summed E-state index contributed by atoms with van der Waals surface area (Å²) < 4.78 is 5.70. The summed E-state index contributed by atoms with van der Waals surface area (Å²) in [6, 6.07) is 10.1. The minimum atomic E-state index is -0.138. The molecule has 0 bridgehead atoms. The van der Waals surface area contributed by atoms with E-state index in [2.05, 4.69) is 13.8 Å². The second kappa shape index (κ2) is 6.23. The van der Waals surface area contributed by atoms with Crippen LogP contribution in [0.25, 0.3) is 6.08 Å². The van der Waals surface area contributed by atoms with Gasteiger partial charge in [-0.2, -0.15) is 0 Å². The molecule has 0 N–H and O–H groups in total. The lowest BCUT2D eigenvalue weighted by Gasteiger charge is -2.39. The van der Waals surface area contributed by atoms with Gasteiger partial charge in [0.1, 0.15) is 0 Å². The Morgan fingerprint density at radius 1 is 1.35 bits per heavy atom. The van der Waals surface area contributed by atoms with Crippen molar-refractivity contribution in [3.8, 4) is 0 Å². The van der Waals surface area contributed by atoms with Crippen LogP contribution >= 0.6 is 0 Å². The van der Waals surface area contributed by atoms with Gasteiger partial charge in [0, 0.05) is 25.8 Å². The molecule has 1 aromatic rings. The van der Waals surface area contributed by atoms with Crippen LogP contribution in [0.2, 0.25) is 0 Å². The first kappa shape index (κ1) is 14.8. The largest absolute Gasteiger partial charge is 0.375 e. The van der Waals surface area contributed by atoms with Gasteiger partial charge in [-0.05, 0) is 38.3 Å². The van der Waals surface area contributed by atoms with Crippen LogP contribution in [0.1, 0.15) is 32.3 Å². The van der Waals surface area contributed by atoms with Crippen molar-refractivity contribution in [1.82, 2.24) is 4.90 Å². The molecule has 1 aliphatic rings. The van der Waals surface area contributed by atoms with E-state index in [4.69, 9.17) is 4.74 Å². The number of likely N-dealkylation sites (N-methyl/N-ethyl adjacent to an activating group) is 1. The average Bonchev–Trinajstić information content (AvgIpc) is 2.44. The number of ether oxygens (including phenoxy) is 1. The van der Waals surface area contributed by atoms with E-state index in [-0.39, 0.29) is 17.6 Å². The summed E-state index contributed by atoms with van der Waals surface area (Å²) in [5.41, 5.74) is 0.905. The summed E-state index contributed by atoms with van der Waals surface area (Å²) in [6.07, 6.45) is 5.31. The van der Waals surface area contributed by atoms with Crippen molar-refractivity contribution in [1.29, 1.82) is 0 Å². The molecule has 1 amide bonds. The summed E-state index contributed by atoms with van der Waals surface area (Å²) in [7, 11) is 1.88. The molecule has 3 heteroatoms. The summed E-state index contributed by atoms with van der Waals surface area (Å²) in [4.78, 5) is 14.1. The number of hydrogen-bond acceptors (Lipinski definition) is 2. The third-order valence-corrected chi connectivity index (χ3v) is 3.78. The maximum Gasteiger partial charge on any atom is 0.246 e. The molecular formula is C17H23NO2. The lowest BCUT2D eigenvalue weighted by molar-refractivity contribution is -0.132. The molecule has 1 aromatic carbocycles. The molecule has 0 spiro atoms. The van der Waals surface area contributed by atoms with Gasteiger partial charge in [-0.1, -0.05) is 30.3 Å². The van der Waals surface area contributed by atoms with E-state index >= 15 is 0 Å². The Hall–Kier alpha value is -1.61. The molecule has 1 saturated heterocycles. The van der Waals surface area contributed by atoms with Crippen molar-refractivity contribution in [2.24, 2.45) is 0 Å². The zero-order chi connectivity index (χ0) is 14.6. The first-order chi connectivity index (χ1) is 9.48. The van der Waals surface area contributed by atoms with Gasteiger partial charge in [-0.3, -0.25) is 4.79 Å². The van der Waals surface area contributed by atoms with Crippen LogP contribution in [-0.4, -0.2) is 36.1 Å². The Labute approximate surface area is 121 Å². The van der Waals surface area contributed by atoms with Crippen molar-refractivity contribution < 1.29 is 9.53 Å². The molecule has 1 heterocycles. The average molecular weight is 273 g/mol. The standard InChI is InChI=1S/C17H23NO2/c1-17(2)13-15(11-12-20-17)18(3)16(19)10-9-14-7-5-4-6-8-14/h4-10,15H,11-13H2,1-3H3. The normalized spacial score (nSPS) is 21.9. The van der Waals surface area contributed by atoms with Gasteiger partial charge in [-0.25, -0.2) is 0 Å². The van der Waals surface area contributed by atoms with Gasteiger partial charge in [0.05, 0.1) is 5.60 Å². The number of carbonyl (C=O) groups excluding carboxylic acids is 1. The van der Waals surface area contributed by atoms with E-state index in [1.165, 1.54) is 0 Å². The Kier molecular flexibility index (Phi) is 4.61. The van der Waals surface area contributed by atoms with E-state index in [0.29, 0.717) is 0 Å². The molecule has 0 radical (unpaired) electrons. The van der Waals surface area contributed by atoms with Crippen molar-refractivity contribution in [3.63, 3.8) is 0 Å². The first-order valence-corrected chi connectivity index (χ1v) is 7.12. The quantitative estimate of drug-likeness (QED) is 0.792. The predicted molar refractivity (Wildman–Crippen MR) is 81.3 cm³/mol. The molecule has 1 fully saturated rings. The number of hydrogen-bond donors (Lipinski definition) is 0. The number of rotatable bonds is 3. The fourth-order valence-electron chi connectivity index (χ4n) is 2.56. The SMILES string of the molecule is CN(C(=O)C=Cc1ccccc1)C1CCOC(C)(C)C1. The zero-order valence-corrected chi connectivity index (χ0v) is 12.5. The Bertz CT molecular complexity index is 479. The van der Waals surface area contributed by atoms with Crippen LogP contribution in [-0.2, 0) is 9.53 Å². The van der Waals surface area contributed by atoms with Crippen LogP contribution in [0.3, 0.4) is 0 Å². The van der Waals surface area contributed by atoms with Gasteiger partial charge in [0.2, 0.25) is 5.91 Å². The fourth-order valence-corrected chi connectivity index (χ4v) is 2.56. The highest BCUT2D eigenvalue weighted by Gasteiger charge is 2.32. The number of nitrogens with zero attached hydrogens (tertiary/aromatic N) is 1. The maximum atomic E-state index is 12.2. The third kappa shape index (κ3) is 3.94. The van der Waals surface area contributed by atoms with Gasteiger partial charge in [-0.15, -0.1) is 0 Å². The van der Waals surface area contributed by atoms with E-state index < -0.39 is 0 Å². The van der Waals surface area contributed by atoms with Crippen molar-refractivity contribution in [2.75, 3.05) is 13.7 Å². The highest BCUT2D eigenvalue weighted by atomic mass is 16.5. The van der Waals surface area contributed by atoms with Crippen molar-refractivity contribution >= 4 is 12.0 Å². The van der Waals surface area contributed by atoms with Gasteiger partial charge >= 0.3 is 0 Å². The van der Waals surface area contributed by atoms with Crippen molar-refractivity contribution in [2.45, 2.75) is 38.3 Å². The summed E-state index contributed by atoms with van der Waals surface area (Å²) in [5, 5.41) is 0. The van der Waals surface area contributed by atoms with E-state index in [1.807, 2.05) is 48.4 Å². The number of amides is 1. The Morgan fingerprint density at radius 2 is 2.05 bits per heavy atom. The molecule has 108 valence electrons. The van der Waals surface area contributed by atoms with Crippen molar-refractivity contribution in [3.05, 3.63) is 42.0 Å². The van der Waals surface area contributed by atoms with E-state index in [9.17, 15) is 4.79 Å². The topological polar surface area (TPSA) is 29.5 Å². The monoisotopic (exact) mass is 273 g/mol. The molecular weight excluding hydrogens is 250 g/mol. The molecule has 1 unspecified atom stereocenters. The third-order valence-electron chi connectivity index (χ3n) is 3.78. The van der Waals surface area contributed by atoms with Gasteiger partial charge < -0.3 is 9.64 Å². The molecule has 1 aliphatic heterocycles. The highest BCUT2D eigenvalue weighted by Crippen LogP contribution is 2.26. The lowest BCUT2D eigenvalue weighted by Crippen LogP contribution is -2.46. The predicted octanol–water partition coefficient (Wildman–Crippen LogP) is 3.12. The maximum absolute atomic E-state index is 12.2. The molecule has 20 heavy (non-hydrogen) atoms. The first-order valence-electron chi connectivity index (χ1n) is 7.12. The molecule has 3 nitrogen and oxygen atoms in total. The Balaban J connectivity index is 1.97. The number of benzene rings is 1. The van der Waals surface area contributed by atoms with E-state index in [0.717, 1.165) is 25.0 Å². The molecule has 0 saturated carbocycles. The summed E-state index contributed by atoms with van der Waals surface area (Å²) in [6.45, 7) is 4.88. The number of carbonyl (C=O) groups is 1. The smallest absolute Gasteiger partial charge is 0.246 e. The van der Waals surface area contributed by atoms with Crippen LogP contribution in [0.15, 0.2) is 36.4 Å². The fraction of sp³-hybridized carbons (Fsp3) is 0.471. The van der Waals surface area contributed by atoms with Gasteiger partial charge in [0.15, 0.2) is 0 Å². The summed E-state index contributed by atoms with van der Waals surface area (Å²) >= 11 is 0. The molecule has 2 rings (SSSR count). The lowest BCUT2D eigenvalue weighted by atomic mass is 9.93. The van der Waals surface area contributed by atoms with Crippen LogP contribution in [0.5, 0.6) is 0 Å². The summed E-state index contributed by atoms with van der Waals surface area (Å²) in [5.74, 6) is 0.0524. The molecule has 0 aromatic heterocycles. The molecule has 1 atom stereocenters. The highest BCUT2D eigenvalue weighted by molar-refractivity contribution is 5.91. The minimum Gasteiger partial charge on any atom is -0.375 e. The molecule has 0 aliphatic carbocycles. The van der Waals surface area contributed by atoms with E-state index in [1.54, 1.807) is 6.08 Å². The van der Waals surface area contributed by atoms with Crippen LogP contribution in [0.4, 0.5) is 0 Å². The second-order valence-corrected chi connectivity index (χ2v) is 5.95.